The van der Waals surface area contributed by atoms with E-state index in [4.69, 9.17) is 0 Å². The van der Waals surface area contributed by atoms with Gasteiger partial charge in [-0.15, -0.1) is 0 Å². The van der Waals surface area contributed by atoms with Crippen LogP contribution in [0.25, 0.3) is 0 Å². The smallest absolute Gasteiger partial charge is 0.243 e. The lowest BCUT2D eigenvalue weighted by Gasteiger charge is -2.31. The van der Waals surface area contributed by atoms with Gasteiger partial charge in [-0.3, -0.25) is 20.4 Å². The van der Waals surface area contributed by atoms with E-state index in [1.807, 2.05) is 0 Å². The van der Waals surface area contributed by atoms with Gasteiger partial charge in [0.2, 0.25) is 21.8 Å². The largest absolute Gasteiger partial charge is 0.273 e. The maximum atomic E-state index is 13.3. The summed E-state index contributed by atoms with van der Waals surface area (Å²) >= 11 is 0. The summed E-state index contributed by atoms with van der Waals surface area (Å²) in [4.78, 5) is 23.6. The summed E-state index contributed by atoms with van der Waals surface area (Å²) < 4.78 is 39.8. The fourth-order valence-electron chi connectivity index (χ4n) is 2.82. The van der Waals surface area contributed by atoms with Crippen molar-refractivity contribution in [1.29, 1.82) is 0 Å². The Kier molecular flexibility index (Phi) is 5.05. The molecule has 1 aromatic rings. The van der Waals surface area contributed by atoms with Crippen molar-refractivity contribution in [3.8, 4) is 0 Å². The van der Waals surface area contributed by atoms with Gasteiger partial charge in [-0.25, -0.2) is 12.8 Å². The molecule has 0 bridgehead atoms. The molecular formula is C16H20FN3O4S. The molecule has 1 saturated heterocycles. The van der Waals surface area contributed by atoms with E-state index in [0.29, 0.717) is 12.8 Å². The first-order valence-electron chi connectivity index (χ1n) is 8.23. The van der Waals surface area contributed by atoms with E-state index in [2.05, 4.69) is 10.9 Å². The molecule has 0 aromatic heterocycles. The van der Waals surface area contributed by atoms with Crippen molar-refractivity contribution in [3.63, 3.8) is 0 Å². The number of carbonyl (C=O) groups excluding carboxylic acids is 2. The van der Waals surface area contributed by atoms with Gasteiger partial charge in [0.1, 0.15) is 5.82 Å². The monoisotopic (exact) mass is 369 g/mol. The summed E-state index contributed by atoms with van der Waals surface area (Å²) in [5.74, 6) is -1.84. The first-order chi connectivity index (χ1) is 11.9. The van der Waals surface area contributed by atoms with Gasteiger partial charge in [0.05, 0.1) is 10.8 Å². The highest BCUT2D eigenvalue weighted by Gasteiger charge is 2.34. The predicted molar refractivity (Wildman–Crippen MR) is 86.9 cm³/mol. The zero-order valence-electron chi connectivity index (χ0n) is 13.6. The molecule has 0 radical (unpaired) electrons. The molecule has 1 saturated carbocycles. The Balaban J connectivity index is 1.63. The number of hydrogen-bond donors (Lipinski definition) is 2. The molecule has 1 heterocycles. The molecule has 2 aliphatic rings. The number of nitrogens with zero attached hydrogens (tertiary/aromatic N) is 1. The number of hydrazine groups is 1. The van der Waals surface area contributed by atoms with Crippen LogP contribution in [0.3, 0.4) is 0 Å². The van der Waals surface area contributed by atoms with Gasteiger partial charge in [0, 0.05) is 19.0 Å². The van der Waals surface area contributed by atoms with Crippen LogP contribution in [0.2, 0.25) is 0 Å². The van der Waals surface area contributed by atoms with Crippen LogP contribution in [-0.2, 0) is 19.6 Å². The Morgan fingerprint density at radius 3 is 2.40 bits per heavy atom. The van der Waals surface area contributed by atoms with Crippen LogP contribution in [0.5, 0.6) is 0 Å². The van der Waals surface area contributed by atoms with Crippen LogP contribution in [0.4, 0.5) is 4.39 Å². The molecule has 1 aliphatic carbocycles. The zero-order chi connectivity index (χ0) is 18.0. The molecule has 1 aromatic carbocycles. The number of nitrogens with one attached hydrogen (secondary N) is 2. The number of halogens is 1. The van der Waals surface area contributed by atoms with Crippen LogP contribution >= 0.6 is 0 Å². The lowest BCUT2D eigenvalue weighted by atomic mass is 9.99. The van der Waals surface area contributed by atoms with Gasteiger partial charge in [0.25, 0.3) is 0 Å². The molecule has 0 spiro atoms. The Labute approximate surface area is 145 Å². The molecular weight excluding hydrogens is 349 g/mol. The minimum atomic E-state index is -3.86. The highest BCUT2D eigenvalue weighted by atomic mass is 32.2. The number of amides is 2. The van der Waals surface area contributed by atoms with Crippen molar-refractivity contribution in [1.82, 2.24) is 15.2 Å². The summed E-state index contributed by atoms with van der Waals surface area (Å²) in [7, 11) is -3.86. The normalized spacial score (nSPS) is 21.6. The predicted octanol–water partition coefficient (Wildman–Crippen LogP) is 0.784. The first kappa shape index (κ1) is 17.8. The molecule has 3 rings (SSSR count). The Morgan fingerprint density at radius 2 is 1.76 bits per heavy atom. The SMILES string of the molecule is O=C(NNC(=O)[C@@H]1CCCN(S(=O)(=O)c2cccc(F)c2)C1)C1CC1. The number of rotatable bonds is 4. The second-order valence-electron chi connectivity index (χ2n) is 6.41. The summed E-state index contributed by atoms with van der Waals surface area (Å²) in [5, 5.41) is 0. The third-order valence-electron chi connectivity index (χ3n) is 4.45. The minimum Gasteiger partial charge on any atom is -0.273 e. The molecule has 1 aliphatic heterocycles. The molecule has 25 heavy (non-hydrogen) atoms. The van der Waals surface area contributed by atoms with Crippen molar-refractivity contribution in [2.45, 2.75) is 30.6 Å². The van der Waals surface area contributed by atoms with E-state index in [9.17, 15) is 22.4 Å². The molecule has 9 heteroatoms. The maximum Gasteiger partial charge on any atom is 0.243 e. The topological polar surface area (TPSA) is 95.6 Å². The van der Waals surface area contributed by atoms with E-state index in [1.54, 1.807) is 0 Å². The van der Waals surface area contributed by atoms with Crippen molar-refractivity contribution in [3.05, 3.63) is 30.1 Å². The van der Waals surface area contributed by atoms with Crippen LogP contribution < -0.4 is 10.9 Å². The van der Waals surface area contributed by atoms with Crippen molar-refractivity contribution < 1.29 is 22.4 Å². The molecule has 2 N–H and O–H groups in total. The number of hydrogen-bond acceptors (Lipinski definition) is 4. The van der Waals surface area contributed by atoms with E-state index in [-0.39, 0.29) is 29.8 Å². The third-order valence-corrected chi connectivity index (χ3v) is 6.31. The van der Waals surface area contributed by atoms with Gasteiger partial charge < -0.3 is 0 Å². The van der Waals surface area contributed by atoms with Gasteiger partial charge in [-0.05, 0) is 43.9 Å². The lowest BCUT2D eigenvalue weighted by Crippen LogP contribution is -2.50. The quantitative estimate of drug-likeness (QED) is 0.767. The van der Waals surface area contributed by atoms with Crippen molar-refractivity contribution in [2.75, 3.05) is 13.1 Å². The van der Waals surface area contributed by atoms with E-state index in [0.717, 1.165) is 18.9 Å². The second kappa shape index (κ2) is 7.09. The van der Waals surface area contributed by atoms with Gasteiger partial charge in [-0.1, -0.05) is 6.07 Å². The molecule has 7 nitrogen and oxygen atoms in total. The highest BCUT2D eigenvalue weighted by Crippen LogP contribution is 2.28. The molecule has 0 unspecified atom stereocenters. The van der Waals surface area contributed by atoms with Gasteiger partial charge in [-0.2, -0.15) is 4.31 Å². The van der Waals surface area contributed by atoms with E-state index >= 15 is 0 Å². The summed E-state index contributed by atoms with van der Waals surface area (Å²) in [6.45, 7) is 0.279. The number of sulfonamides is 1. The zero-order valence-corrected chi connectivity index (χ0v) is 14.4. The number of piperidine rings is 1. The Hall–Kier alpha value is -2.00. The standard InChI is InChI=1S/C16H20FN3O4S/c17-13-4-1-5-14(9-13)25(23,24)20-8-2-3-12(10-20)16(22)19-18-15(21)11-6-7-11/h1,4-5,9,11-12H,2-3,6-8,10H2,(H,18,21)(H,19,22)/t12-/m1/s1. The second-order valence-corrected chi connectivity index (χ2v) is 8.35. The minimum absolute atomic E-state index is 0.00395. The lowest BCUT2D eigenvalue weighted by molar-refractivity contribution is -0.132. The summed E-state index contributed by atoms with van der Waals surface area (Å²) in [5.41, 5.74) is 4.75. The maximum absolute atomic E-state index is 13.3. The van der Waals surface area contributed by atoms with E-state index in [1.165, 1.54) is 22.5 Å². The third kappa shape index (κ3) is 4.16. The Morgan fingerprint density at radius 1 is 1.08 bits per heavy atom. The fourth-order valence-corrected chi connectivity index (χ4v) is 4.38. The van der Waals surface area contributed by atoms with Crippen molar-refractivity contribution in [2.24, 2.45) is 11.8 Å². The molecule has 2 fully saturated rings. The van der Waals surface area contributed by atoms with Crippen LogP contribution in [0.15, 0.2) is 29.2 Å². The van der Waals surface area contributed by atoms with E-state index < -0.39 is 27.7 Å². The van der Waals surface area contributed by atoms with Crippen LogP contribution in [-0.4, -0.2) is 37.6 Å². The number of carbonyl (C=O) groups is 2. The molecule has 2 amide bonds. The Bertz CT molecular complexity index is 779. The average molecular weight is 369 g/mol. The summed E-state index contributed by atoms with van der Waals surface area (Å²) in [6.07, 6.45) is 2.69. The average Bonchev–Trinajstić information content (AvgIpc) is 3.44. The number of benzene rings is 1. The molecule has 136 valence electrons. The first-order valence-corrected chi connectivity index (χ1v) is 9.67. The van der Waals surface area contributed by atoms with Crippen LogP contribution in [0, 0.1) is 17.7 Å². The summed E-state index contributed by atoms with van der Waals surface area (Å²) in [6, 6.07) is 4.81. The highest BCUT2D eigenvalue weighted by molar-refractivity contribution is 7.89. The molecule has 1 atom stereocenters. The van der Waals surface area contributed by atoms with Gasteiger partial charge >= 0.3 is 0 Å². The van der Waals surface area contributed by atoms with Crippen LogP contribution in [0.1, 0.15) is 25.7 Å². The fraction of sp³-hybridized carbons (Fsp3) is 0.500. The van der Waals surface area contributed by atoms with Gasteiger partial charge in [0.15, 0.2) is 0 Å². The van der Waals surface area contributed by atoms with Crippen molar-refractivity contribution >= 4 is 21.8 Å².